The lowest BCUT2D eigenvalue weighted by molar-refractivity contribution is 0.102. The minimum Gasteiger partial charge on any atom is -0.322 e. The second kappa shape index (κ2) is 8.16. The molecule has 26 heavy (non-hydrogen) atoms. The highest BCUT2D eigenvalue weighted by molar-refractivity contribution is 7.89. The highest BCUT2D eigenvalue weighted by Crippen LogP contribution is 2.23. The van der Waals surface area contributed by atoms with Crippen LogP contribution in [-0.2, 0) is 10.0 Å². The fraction of sp³-hybridized carbons (Fsp3) is 0.333. The van der Waals surface area contributed by atoms with Gasteiger partial charge in [-0.15, -0.1) is 0 Å². The van der Waals surface area contributed by atoms with Crippen molar-refractivity contribution in [3.63, 3.8) is 0 Å². The van der Waals surface area contributed by atoms with Crippen molar-refractivity contribution in [3.05, 3.63) is 53.3 Å². The number of sulfonamides is 1. The monoisotopic (exact) mass is 393 g/mol. The summed E-state index contributed by atoms with van der Waals surface area (Å²) in [5, 5.41) is 2.78. The fourth-order valence-electron chi connectivity index (χ4n) is 2.92. The number of halogens is 1. The maximum absolute atomic E-state index is 12.9. The van der Waals surface area contributed by atoms with Crippen molar-refractivity contribution in [2.24, 2.45) is 0 Å². The maximum Gasteiger partial charge on any atom is 0.258 e. The van der Waals surface area contributed by atoms with Gasteiger partial charge in [-0.2, -0.15) is 4.31 Å². The van der Waals surface area contributed by atoms with E-state index in [1.54, 1.807) is 30.3 Å². The van der Waals surface area contributed by atoms with E-state index in [1.807, 2.05) is 0 Å². The molecule has 0 aliphatic carbocycles. The van der Waals surface area contributed by atoms with Gasteiger partial charge in [-0.05, 0) is 43.2 Å². The summed E-state index contributed by atoms with van der Waals surface area (Å²) >= 11 is 5.93. The van der Waals surface area contributed by atoms with Gasteiger partial charge in [0.15, 0.2) is 0 Å². The van der Waals surface area contributed by atoms with Gasteiger partial charge < -0.3 is 5.32 Å². The molecule has 0 atom stereocenters. The van der Waals surface area contributed by atoms with Gasteiger partial charge in [0.25, 0.3) is 5.91 Å². The lowest BCUT2D eigenvalue weighted by Crippen LogP contribution is -2.32. The summed E-state index contributed by atoms with van der Waals surface area (Å²) in [6, 6.07) is 9.45. The van der Waals surface area contributed by atoms with Gasteiger partial charge in [-0.3, -0.25) is 4.79 Å². The summed E-state index contributed by atoms with van der Waals surface area (Å²) in [4.78, 5) is 16.4. The number of rotatable bonds is 4. The molecular weight excluding hydrogens is 374 g/mol. The molecule has 1 aromatic heterocycles. The summed E-state index contributed by atoms with van der Waals surface area (Å²) in [6.07, 6.45) is 5.33. The van der Waals surface area contributed by atoms with Crippen LogP contribution in [0.5, 0.6) is 0 Å². The average molecular weight is 394 g/mol. The summed E-state index contributed by atoms with van der Waals surface area (Å²) in [5.74, 6) is -0.438. The second-order valence-corrected chi connectivity index (χ2v) is 8.44. The van der Waals surface area contributed by atoms with Crippen LogP contribution < -0.4 is 5.32 Å². The number of carbonyl (C=O) groups is 1. The molecule has 1 amide bonds. The van der Waals surface area contributed by atoms with E-state index in [1.165, 1.54) is 16.6 Å². The quantitative estimate of drug-likeness (QED) is 0.805. The molecule has 1 saturated heterocycles. The van der Waals surface area contributed by atoms with E-state index in [2.05, 4.69) is 10.3 Å². The number of carbonyl (C=O) groups excluding carboxylic acids is 1. The predicted molar refractivity (Wildman–Crippen MR) is 101 cm³/mol. The molecule has 0 unspecified atom stereocenters. The van der Waals surface area contributed by atoms with Crippen LogP contribution in [0.15, 0.2) is 47.5 Å². The Kier molecular flexibility index (Phi) is 5.90. The molecule has 1 fully saturated rings. The number of hydrogen-bond donors (Lipinski definition) is 1. The van der Waals surface area contributed by atoms with E-state index >= 15 is 0 Å². The molecular formula is C18H20ClN3O3S. The molecule has 1 aliphatic rings. The first kappa shape index (κ1) is 18.8. The first-order chi connectivity index (χ1) is 12.5. The van der Waals surface area contributed by atoms with Gasteiger partial charge >= 0.3 is 0 Å². The van der Waals surface area contributed by atoms with Gasteiger partial charge in [-0.1, -0.05) is 30.5 Å². The normalized spacial score (nSPS) is 16.0. The lowest BCUT2D eigenvalue weighted by Gasteiger charge is -2.20. The highest BCUT2D eigenvalue weighted by atomic mass is 35.5. The number of nitrogens with zero attached hydrogens (tertiary/aromatic N) is 2. The van der Waals surface area contributed by atoms with Crippen molar-refractivity contribution in [3.8, 4) is 0 Å². The van der Waals surface area contributed by atoms with Gasteiger partial charge in [0.2, 0.25) is 10.0 Å². The number of amides is 1. The first-order valence-corrected chi connectivity index (χ1v) is 10.3. The van der Waals surface area contributed by atoms with Crippen molar-refractivity contribution in [1.82, 2.24) is 9.29 Å². The SMILES string of the molecule is O=C(Nc1cccc(S(=O)(=O)N2CCCCCC2)c1)c1cccnc1Cl. The highest BCUT2D eigenvalue weighted by Gasteiger charge is 2.25. The molecule has 0 saturated carbocycles. The van der Waals surface area contributed by atoms with E-state index in [0.29, 0.717) is 18.8 Å². The number of benzene rings is 1. The Morgan fingerprint density at radius 3 is 2.50 bits per heavy atom. The summed E-state index contributed by atoms with van der Waals surface area (Å²) in [6.45, 7) is 1.06. The number of hydrogen-bond acceptors (Lipinski definition) is 4. The largest absolute Gasteiger partial charge is 0.322 e. The molecule has 2 heterocycles. The first-order valence-electron chi connectivity index (χ1n) is 8.50. The third-order valence-corrected chi connectivity index (χ3v) is 6.49. The van der Waals surface area contributed by atoms with Crippen LogP contribution >= 0.6 is 11.6 Å². The van der Waals surface area contributed by atoms with Crippen LogP contribution in [-0.4, -0.2) is 36.7 Å². The Balaban J connectivity index is 1.81. The Morgan fingerprint density at radius 2 is 1.81 bits per heavy atom. The molecule has 2 aromatic rings. The van der Waals surface area contributed by atoms with Crippen molar-refractivity contribution in [2.45, 2.75) is 30.6 Å². The molecule has 0 radical (unpaired) electrons. The summed E-state index contributed by atoms with van der Waals surface area (Å²) in [5.41, 5.74) is 0.626. The summed E-state index contributed by atoms with van der Waals surface area (Å²) in [7, 11) is -3.57. The Labute approximate surface area is 158 Å². The third kappa shape index (κ3) is 4.23. The molecule has 8 heteroatoms. The van der Waals surface area contributed by atoms with E-state index in [-0.39, 0.29) is 15.6 Å². The standard InChI is InChI=1S/C18H20ClN3O3S/c19-17-16(9-6-10-20-17)18(23)21-14-7-5-8-15(13-14)26(24,25)22-11-3-1-2-4-12-22/h5-10,13H,1-4,11-12H2,(H,21,23). The molecule has 1 aromatic carbocycles. The number of anilines is 1. The van der Waals surface area contributed by atoms with Gasteiger partial charge in [0, 0.05) is 25.0 Å². The van der Waals surface area contributed by atoms with Crippen molar-refractivity contribution in [1.29, 1.82) is 0 Å². The average Bonchev–Trinajstić information content (AvgIpc) is 2.92. The molecule has 6 nitrogen and oxygen atoms in total. The van der Waals surface area contributed by atoms with Crippen LogP contribution in [0, 0.1) is 0 Å². The number of nitrogens with one attached hydrogen (secondary N) is 1. The van der Waals surface area contributed by atoms with Crippen LogP contribution in [0.4, 0.5) is 5.69 Å². The van der Waals surface area contributed by atoms with Crippen molar-refractivity contribution in [2.75, 3.05) is 18.4 Å². The Bertz CT molecular complexity index is 894. The van der Waals surface area contributed by atoms with Crippen molar-refractivity contribution >= 4 is 33.2 Å². The zero-order valence-electron chi connectivity index (χ0n) is 14.2. The topological polar surface area (TPSA) is 79.4 Å². The Morgan fingerprint density at radius 1 is 1.08 bits per heavy atom. The maximum atomic E-state index is 12.9. The zero-order chi connectivity index (χ0) is 18.6. The molecule has 1 aliphatic heterocycles. The van der Waals surface area contributed by atoms with E-state index in [4.69, 9.17) is 11.6 Å². The van der Waals surface area contributed by atoms with Gasteiger partial charge in [0.1, 0.15) is 5.15 Å². The molecule has 0 spiro atoms. The fourth-order valence-corrected chi connectivity index (χ4v) is 4.69. The molecule has 3 rings (SSSR count). The molecule has 138 valence electrons. The van der Waals surface area contributed by atoms with E-state index < -0.39 is 15.9 Å². The second-order valence-electron chi connectivity index (χ2n) is 6.14. The lowest BCUT2D eigenvalue weighted by atomic mass is 10.2. The van der Waals surface area contributed by atoms with Crippen molar-refractivity contribution < 1.29 is 13.2 Å². The van der Waals surface area contributed by atoms with Gasteiger partial charge in [0.05, 0.1) is 10.5 Å². The minimum absolute atomic E-state index is 0.0957. The smallest absolute Gasteiger partial charge is 0.258 e. The van der Waals surface area contributed by atoms with Crippen LogP contribution in [0.2, 0.25) is 5.15 Å². The van der Waals surface area contributed by atoms with E-state index in [9.17, 15) is 13.2 Å². The number of pyridine rings is 1. The predicted octanol–water partition coefficient (Wildman–Crippen LogP) is 3.55. The molecule has 0 bridgehead atoms. The van der Waals surface area contributed by atoms with Crippen LogP contribution in [0.25, 0.3) is 0 Å². The minimum atomic E-state index is -3.57. The van der Waals surface area contributed by atoms with Gasteiger partial charge in [-0.25, -0.2) is 13.4 Å². The third-order valence-electron chi connectivity index (χ3n) is 4.30. The summed E-state index contributed by atoms with van der Waals surface area (Å²) < 4.78 is 27.3. The van der Waals surface area contributed by atoms with E-state index in [0.717, 1.165) is 25.7 Å². The van der Waals surface area contributed by atoms with Crippen LogP contribution in [0.1, 0.15) is 36.0 Å². The zero-order valence-corrected chi connectivity index (χ0v) is 15.8. The Hall–Kier alpha value is -1.96. The molecule has 1 N–H and O–H groups in total. The van der Waals surface area contributed by atoms with Crippen LogP contribution in [0.3, 0.4) is 0 Å². The number of aromatic nitrogens is 1.